The number of unbranched alkanes of at least 4 members (excludes halogenated alkanes) is 1. The van der Waals surface area contributed by atoms with Crippen LogP contribution in [-0.2, 0) is 110 Å². The van der Waals surface area contributed by atoms with Gasteiger partial charge in [-0.05, 0) is 106 Å². The second-order valence-electron chi connectivity index (χ2n) is 31.4. The molecule has 26 N–H and O–H groups in total. The maximum atomic E-state index is 14.7. The van der Waals surface area contributed by atoms with Crippen LogP contribution in [0.15, 0.2) is 78.9 Å². The van der Waals surface area contributed by atoms with Crippen LogP contribution in [0.3, 0.4) is 0 Å². The summed E-state index contributed by atoms with van der Waals surface area (Å²) in [5, 5.41) is 128. The number of phenolic OH excluding ortho intramolecular Hbond substituents is 2. The van der Waals surface area contributed by atoms with Crippen LogP contribution in [0.2, 0.25) is 0 Å². The summed E-state index contributed by atoms with van der Waals surface area (Å²) < 4.78 is 4.83. The first-order valence-electron chi connectivity index (χ1n) is 42.0. The largest absolute Gasteiger partial charge is 0.508 e. The number of aliphatic carboxylic acids is 3. The quantitative estimate of drug-likeness (QED) is 0.0234. The van der Waals surface area contributed by atoms with E-state index < -0.39 is 268 Å². The third kappa shape index (κ3) is 39.8. The molecular formula is C83H121N17O29S. The van der Waals surface area contributed by atoms with Crippen molar-refractivity contribution in [2.45, 2.75) is 216 Å². The lowest BCUT2D eigenvalue weighted by molar-refractivity contribution is -0.142. The summed E-state index contributed by atoms with van der Waals surface area (Å²) in [6, 6.07) is -4.29. The number of nitrogens with zero attached hydrogens (tertiary/aromatic N) is 1. The normalized spacial score (nSPS) is 15.4. The van der Waals surface area contributed by atoms with Crippen LogP contribution in [0.25, 0.3) is 0 Å². The topological polar surface area (TPSA) is 725 Å². The lowest BCUT2D eigenvalue weighted by Gasteiger charge is -2.30. The number of nitrogens with one attached hydrogen (secondary N) is 15. The number of aliphatic hydroxyl groups is 4. The molecule has 3 aromatic carbocycles. The first kappa shape index (κ1) is 109. The molecular weight excluding hydrogens is 1730 g/mol. The number of amides is 16. The molecule has 0 aliphatic carbocycles. The van der Waals surface area contributed by atoms with Crippen molar-refractivity contribution in [3.05, 3.63) is 95.6 Å². The van der Waals surface area contributed by atoms with Crippen LogP contribution in [0.1, 0.15) is 123 Å². The fraction of sp³-hybridized carbons (Fsp3) is 0.554. The molecule has 0 bridgehead atoms. The average Bonchev–Trinajstić information content (AvgIpc) is 1.82. The van der Waals surface area contributed by atoms with Gasteiger partial charge < -0.3 is 141 Å². The van der Waals surface area contributed by atoms with E-state index in [-0.39, 0.29) is 73.4 Å². The molecule has 4 rings (SSSR count). The summed E-state index contributed by atoms with van der Waals surface area (Å²) in [4.78, 5) is 258. The molecule has 0 radical (unpaired) electrons. The van der Waals surface area contributed by atoms with Gasteiger partial charge in [0.05, 0.1) is 62.9 Å². The van der Waals surface area contributed by atoms with Crippen molar-refractivity contribution in [2.75, 3.05) is 64.1 Å². The van der Waals surface area contributed by atoms with Crippen molar-refractivity contribution in [1.29, 1.82) is 0 Å². The van der Waals surface area contributed by atoms with Crippen molar-refractivity contribution in [3.63, 3.8) is 0 Å². The van der Waals surface area contributed by atoms with Gasteiger partial charge >= 0.3 is 24.0 Å². The number of carboxylic acids is 3. The second-order valence-corrected chi connectivity index (χ2v) is 32.4. The molecule has 1 heterocycles. The number of thioether (sulfide) groups is 1. The molecule has 0 aromatic heterocycles. The molecule has 3 aromatic rings. The minimum atomic E-state index is -2.23. The van der Waals surface area contributed by atoms with E-state index in [1.54, 1.807) is 45.9 Å². The molecule has 0 saturated carbocycles. The molecule has 46 nitrogen and oxygen atoms in total. The van der Waals surface area contributed by atoms with Crippen molar-refractivity contribution in [2.24, 2.45) is 17.6 Å². The van der Waals surface area contributed by atoms with E-state index >= 15 is 0 Å². The second kappa shape index (κ2) is 56.5. The number of benzene rings is 3. The van der Waals surface area contributed by atoms with Gasteiger partial charge in [-0.2, -0.15) is 0 Å². The summed E-state index contributed by atoms with van der Waals surface area (Å²) in [5.74, 6) is -23.5. The number of phenols is 2. The minimum Gasteiger partial charge on any atom is -0.508 e. The summed E-state index contributed by atoms with van der Waals surface area (Å²) in [7, 11) is 0. The number of aliphatic hydroxyl groups excluding tert-OH is 4. The number of hydrogen-bond acceptors (Lipinski definition) is 28. The highest BCUT2D eigenvalue weighted by Crippen LogP contribution is 2.18. The zero-order valence-corrected chi connectivity index (χ0v) is 73.8. The summed E-state index contributed by atoms with van der Waals surface area (Å²) in [5.41, 5.74) is 6.49. The number of carboxylic acid groups (broad SMARTS) is 3. The molecule has 1 fully saturated rings. The zero-order chi connectivity index (χ0) is 97.0. The maximum absolute atomic E-state index is 14.7. The molecule has 0 spiro atoms. The fourth-order valence-electron chi connectivity index (χ4n) is 12.8. The predicted octanol–water partition coefficient (Wildman–Crippen LogP) is -6.35. The molecule has 16 atom stereocenters. The predicted molar refractivity (Wildman–Crippen MR) is 462 cm³/mol. The molecule has 718 valence electrons. The Bertz CT molecular complexity index is 4340. The maximum Gasteiger partial charge on any atom is 0.409 e. The van der Waals surface area contributed by atoms with E-state index in [0.29, 0.717) is 43.5 Å². The fourth-order valence-corrected chi connectivity index (χ4v) is 13.4. The Morgan fingerprint density at radius 1 is 0.438 bits per heavy atom. The van der Waals surface area contributed by atoms with Crippen molar-refractivity contribution in [3.8, 4) is 11.5 Å². The number of carbonyl (C=O) groups is 19. The van der Waals surface area contributed by atoms with Gasteiger partial charge in [0.15, 0.2) is 0 Å². The molecule has 1 saturated heterocycles. The summed E-state index contributed by atoms with van der Waals surface area (Å²) in [6.45, 7) is 8.01. The highest BCUT2D eigenvalue weighted by molar-refractivity contribution is 8.00. The molecule has 1 aliphatic heterocycles. The van der Waals surface area contributed by atoms with Gasteiger partial charge in [0.1, 0.15) is 90.6 Å². The Labute approximate surface area is 752 Å². The van der Waals surface area contributed by atoms with Gasteiger partial charge in [0.2, 0.25) is 88.6 Å². The van der Waals surface area contributed by atoms with Crippen LogP contribution in [-0.4, -0.2) is 318 Å². The van der Waals surface area contributed by atoms with Crippen LogP contribution in [0, 0.1) is 11.8 Å². The number of cyclic esters (lactones) is 1. The monoisotopic (exact) mass is 1850 g/mol. The average molecular weight is 1850 g/mol. The number of rotatable bonds is 59. The van der Waals surface area contributed by atoms with Gasteiger partial charge in [0.25, 0.3) is 0 Å². The first-order chi connectivity index (χ1) is 61.4. The van der Waals surface area contributed by atoms with Crippen molar-refractivity contribution >= 4 is 124 Å². The van der Waals surface area contributed by atoms with E-state index in [4.69, 9.17) is 10.5 Å². The van der Waals surface area contributed by atoms with E-state index in [1.165, 1.54) is 72.5 Å². The first-order valence-corrected chi connectivity index (χ1v) is 43.1. The number of nitrogens with two attached hydrogens (primary N) is 1. The molecule has 130 heavy (non-hydrogen) atoms. The summed E-state index contributed by atoms with van der Waals surface area (Å²) in [6.07, 6.45) is -6.91. The Balaban J connectivity index is 1.53. The highest BCUT2D eigenvalue weighted by atomic mass is 32.2. The van der Waals surface area contributed by atoms with Gasteiger partial charge in [-0.3, -0.25) is 86.3 Å². The lowest BCUT2D eigenvalue weighted by atomic mass is 9.96. The van der Waals surface area contributed by atoms with E-state index in [9.17, 15) is 137 Å². The number of ether oxygens (including phenoxy) is 1. The Morgan fingerprint density at radius 2 is 0.854 bits per heavy atom. The Morgan fingerprint density at radius 3 is 1.32 bits per heavy atom. The summed E-state index contributed by atoms with van der Waals surface area (Å²) >= 11 is 0.837. The van der Waals surface area contributed by atoms with E-state index in [1.807, 2.05) is 0 Å². The van der Waals surface area contributed by atoms with Crippen molar-refractivity contribution < 1.29 is 142 Å². The van der Waals surface area contributed by atoms with Gasteiger partial charge in [-0.1, -0.05) is 95.1 Å². The smallest absolute Gasteiger partial charge is 0.409 e. The van der Waals surface area contributed by atoms with Crippen LogP contribution >= 0.6 is 11.8 Å². The van der Waals surface area contributed by atoms with E-state index in [2.05, 4.69) is 79.8 Å². The van der Waals surface area contributed by atoms with Crippen LogP contribution < -0.4 is 85.5 Å². The molecule has 0 unspecified atom stereocenters. The number of carbonyl (C=O) groups excluding carboxylic acids is 16. The lowest BCUT2D eigenvalue weighted by Crippen LogP contribution is -2.63. The van der Waals surface area contributed by atoms with Crippen molar-refractivity contribution in [1.82, 2.24) is 84.7 Å². The standard InChI is InChI=1S/C83H121N17O29S/c1-8-44(4)68(80(125)93-56(35-50-19-23-52(106)24-20-50)74(119)89-54(32-43(2)3)73(118)91-58(36-66(112)113)72(117)87-45(5)14-12-13-27-84)98-79(124)61(40-102)95-75(120)55(34-49-17-21-51(105)22-18-49)90-76(121)59(37-67(114)115)92-78(123)60(39-101)96-82(127)70(47(7)104)99-77(122)57(33-48-15-10-9-11-16-48)94-81(126)69(46(6)103)97-62(107)38-86-71(116)53(25-26-65(110)111)88-64(109)42-130-41-63(108)85-28-29-100-30-31-129-83(100)128/h9-11,15-24,43-47,53-61,68-70,101-106H,8,12-14,25-42,84H2,1-7H3,(H,85,108)(H,86,116)(H,87,117)(H,88,109)(H,89,119)(H,90,121)(H,91,118)(H,92,123)(H,93,125)(H,94,126)(H,95,120)(H,96,127)(H,97,107)(H,98,124)(H,99,122)(H,110,111)(H,112,113)(H,114,115)/t44-,45+,46+,47+,53-,54-,55-,56-,57-,58-,59-,60-,61-,68-,69-,70-/m0/s1. The van der Waals surface area contributed by atoms with Gasteiger partial charge in [-0.15, -0.1) is 11.8 Å². The third-order valence-corrected chi connectivity index (χ3v) is 21.0. The minimum absolute atomic E-state index is 0.0793. The van der Waals surface area contributed by atoms with Gasteiger partial charge in [0, 0.05) is 44.8 Å². The number of hydrogen-bond donors (Lipinski definition) is 25. The zero-order valence-electron chi connectivity index (χ0n) is 73.0. The molecule has 47 heteroatoms. The number of aromatic hydroxyl groups is 2. The van der Waals surface area contributed by atoms with Gasteiger partial charge in [-0.25, -0.2) is 4.79 Å². The molecule has 16 amide bonds. The Kier molecular flexibility index (Phi) is 47.5. The SMILES string of the molecule is CC[C@H](C)[C@H](NC(=O)[C@H](CO)NC(=O)[C@H](Cc1ccc(O)cc1)NC(=O)[C@H](CC(=O)O)NC(=O)[C@H](CO)NC(=O)[C@@H](NC(=O)[C@H](Cc1ccccc1)NC(=O)[C@@H](NC(=O)CNC(=O)[C@H](CCC(=O)O)NC(=O)CSCC(=O)NCCN1CCOC1=O)[C@@H](C)O)[C@@H](C)O)C(=O)N[C@@H](Cc1ccc(O)cc1)C(=O)N[C@@H](CC(C)C)C(=O)N[C@@H](CC(=O)O)C(=O)N[C@H](C)CCCCN. The highest BCUT2D eigenvalue weighted by Gasteiger charge is 2.40. The van der Waals surface area contributed by atoms with Crippen LogP contribution in [0.5, 0.6) is 11.5 Å². The van der Waals surface area contributed by atoms with E-state index in [0.717, 1.165) is 25.6 Å². The Hall–Kier alpha value is -12.9. The van der Waals surface area contributed by atoms with Crippen LogP contribution in [0.4, 0.5) is 4.79 Å². The molecule has 1 aliphatic rings. The third-order valence-electron chi connectivity index (χ3n) is 20.1.